The van der Waals surface area contributed by atoms with Crippen LogP contribution in [-0.4, -0.2) is 5.97 Å². The van der Waals surface area contributed by atoms with E-state index in [1.165, 1.54) is 63.9 Å². The molecule has 4 rings (SSSR count). The summed E-state index contributed by atoms with van der Waals surface area (Å²) in [6, 6.07) is 13.1. The van der Waals surface area contributed by atoms with Crippen molar-refractivity contribution in [1.29, 1.82) is 5.26 Å². The number of hydrogen-bond donors (Lipinski definition) is 0. The normalized spacial score (nSPS) is 24.1. The van der Waals surface area contributed by atoms with Crippen molar-refractivity contribution in [2.75, 3.05) is 0 Å². The lowest BCUT2D eigenvalue weighted by Gasteiger charge is -2.42. The lowest BCUT2D eigenvalue weighted by molar-refractivity contribution is 0.0734. The highest BCUT2D eigenvalue weighted by Gasteiger charge is 2.36. The van der Waals surface area contributed by atoms with E-state index in [0.717, 1.165) is 30.2 Å². The van der Waals surface area contributed by atoms with Gasteiger partial charge in [0.05, 0.1) is 17.2 Å². The third-order valence-corrected chi connectivity index (χ3v) is 8.06. The molecule has 0 heterocycles. The molecule has 0 saturated heterocycles. The second-order valence-corrected chi connectivity index (χ2v) is 10.3. The molecule has 2 aliphatic rings. The Morgan fingerprint density at radius 2 is 1.76 bits per heavy atom. The first-order valence-electron chi connectivity index (χ1n) is 13.1. The van der Waals surface area contributed by atoms with Crippen molar-refractivity contribution in [3.63, 3.8) is 0 Å². The lowest BCUT2D eigenvalue weighted by atomic mass is 9.63. The van der Waals surface area contributed by atoms with E-state index in [-0.39, 0.29) is 17.3 Å². The van der Waals surface area contributed by atoms with Crippen LogP contribution < -0.4 is 4.74 Å². The number of unbranched alkanes of at least 4 members (excludes halogenated alkanes) is 3. The average molecular weight is 462 g/mol. The van der Waals surface area contributed by atoms with Crippen molar-refractivity contribution in [2.24, 2.45) is 17.8 Å². The molecule has 2 aromatic carbocycles. The lowest BCUT2D eigenvalue weighted by Crippen LogP contribution is -2.30. The maximum absolute atomic E-state index is 15.1. The topological polar surface area (TPSA) is 50.1 Å². The molecular formula is C30H36FNO2. The van der Waals surface area contributed by atoms with E-state index in [2.05, 4.69) is 6.92 Å². The average Bonchev–Trinajstić information content (AvgIpc) is 2.86. The predicted octanol–water partition coefficient (Wildman–Crippen LogP) is 8.19. The highest BCUT2D eigenvalue weighted by atomic mass is 19.1. The summed E-state index contributed by atoms with van der Waals surface area (Å²) in [7, 11) is 0. The van der Waals surface area contributed by atoms with Gasteiger partial charge < -0.3 is 4.74 Å². The predicted molar refractivity (Wildman–Crippen MR) is 132 cm³/mol. The third kappa shape index (κ3) is 6.06. The summed E-state index contributed by atoms with van der Waals surface area (Å²) < 4.78 is 20.4. The number of halogens is 1. The molecule has 0 spiro atoms. The van der Waals surface area contributed by atoms with Gasteiger partial charge in [0, 0.05) is 0 Å². The molecule has 0 bridgehead atoms. The third-order valence-electron chi connectivity index (χ3n) is 8.06. The molecule has 180 valence electrons. The maximum atomic E-state index is 15.1. The molecular weight excluding hydrogens is 425 g/mol. The minimum Gasteiger partial charge on any atom is -0.423 e. The van der Waals surface area contributed by atoms with Crippen molar-refractivity contribution in [2.45, 2.75) is 83.5 Å². The summed E-state index contributed by atoms with van der Waals surface area (Å²) in [5.41, 5.74) is 1.45. The van der Waals surface area contributed by atoms with Crippen LogP contribution in [0.2, 0.25) is 0 Å². The molecule has 2 saturated carbocycles. The first-order chi connectivity index (χ1) is 16.6. The largest absolute Gasteiger partial charge is 0.423 e. The number of esters is 1. The van der Waals surface area contributed by atoms with Gasteiger partial charge in [-0.2, -0.15) is 5.26 Å². The molecule has 2 aromatic rings. The Hall–Kier alpha value is -2.67. The SMILES string of the molecule is CCCCCC[C@H]1CC[C@@H]2CC(c3ccc(C(=O)Oc4ccc(C#N)cc4)cc3F)CC[C@H]2C1. The molecule has 34 heavy (non-hydrogen) atoms. The minimum absolute atomic E-state index is 0.211. The quantitative estimate of drug-likeness (QED) is 0.226. The number of benzene rings is 2. The number of ether oxygens (including phenoxy) is 1. The Morgan fingerprint density at radius 3 is 2.50 bits per heavy atom. The number of carbonyl (C=O) groups excluding carboxylic acids is 1. The standard InChI is InChI=1S/C30H36FNO2/c1-2-3-4-5-6-21-7-10-24-18-25(12-11-23(24)17-21)28-16-13-26(19-29(28)31)30(33)34-27-14-8-22(20-32)9-15-27/h8-9,13-16,19,21,23-25H,2-7,10-12,17-18H2,1H3/t21-,23-,24+,25?/m0/s1. The summed E-state index contributed by atoms with van der Waals surface area (Å²) in [4.78, 5) is 12.5. The molecule has 0 amide bonds. The van der Waals surface area contributed by atoms with E-state index in [0.29, 0.717) is 17.2 Å². The van der Waals surface area contributed by atoms with Crippen LogP contribution in [0.4, 0.5) is 4.39 Å². The molecule has 4 heteroatoms. The number of carbonyl (C=O) groups is 1. The van der Waals surface area contributed by atoms with Gasteiger partial charge in [0.2, 0.25) is 0 Å². The Balaban J connectivity index is 1.32. The Kier molecular flexibility index (Phi) is 8.38. The van der Waals surface area contributed by atoms with Crippen molar-refractivity contribution < 1.29 is 13.9 Å². The van der Waals surface area contributed by atoms with Crippen LogP contribution in [-0.2, 0) is 0 Å². The molecule has 0 N–H and O–H groups in total. The van der Waals surface area contributed by atoms with E-state index in [1.54, 1.807) is 36.4 Å². The van der Waals surface area contributed by atoms with E-state index in [4.69, 9.17) is 10.00 Å². The molecule has 1 unspecified atom stereocenters. The van der Waals surface area contributed by atoms with Crippen molar-refractivity contribution >= 4 is 5.97 Å². The Labute approximate surface area is 203 Å². The highest BCUT2D eigenvalue weighted by Crippen LogP contribution is 2.48. The van der Waals surface area contributed by atoms with Crippen molar-refractivity contribution in [3.8, 4) is 11.8 Å². The fourth-order valence-electron chi connectivity index (χ4n) is 6.14. The van der Waals surface area contributed by atoms with Gasteiger partial charge >= 0.3 is 5.97 Å². The van der Waals surface area contributed by atoms with Gasteiger partial charge in [0.25, 0.3) is 0 Å². The van der Waals surface area contributed by atoms with Crippen LogP contribution in [0.3, 0.4) is 0 Å². The minimum atomic E-state index is -0.587. The summed E-state index contributed by atoms with van der Waals surface area (Å²) in [5, 5.41) is 8.88. The number of hydrogen-bond acceptors (Lipinski definition) is 3. The molecule has 0 aliphatic heterocycles. The fourth-order valence-corrected chi connectivity index (χ4v) is 6.14. The van der Waals surface area contributed by atoms with Crippen molar-refractivity contribution in [1.82, 2.24) is 0 Å². The van der Waals surface area contributed by atoms with Gasteiger partial charge in [0.15, 0.2) is 0 Å². The van der Waals surface area contributed by atoms with Crippen LogP contribution in [0.15, 0.2) is 42.5 Å². The first kappa shape index (κ1) is 24.5. The Bertz CT molecular complexity index is 1010. The molecule has 0 aromatic heterocycles. The monoisotopic (exact) mass is 461 g/mol. The van der Waals surface area contributed by atoms with E-state index < -0.39 is 5.97 Å². The number of nitrogens with zero attached hydrogens (tertiary/aromatic N) is 1. The van der Waals surface area contributed by atoms with Crippen LogP contribution in [0, 0.1) is 34.9 Å². The summed E-state index contributed by atoms with van der Waals surface area (Å²) in [6.45, 7) is 2.27. The maximum Gasteiger partial charge on any atom is 0.343 e. The Morgan fingerprint density at radius 1 is 1.00 bits per heavy atom. The van der Waals surface area contributed by atoms with Crippen LogP contribution in [0.5, 0.6) is 5.75 Å². The molecule has 2 fully saturated rings. The summed E-state index contributed by atoms with van der Waals surface area (Å²) in [6.07, 6.45) is 14.1. The summed E-state index contributed by atoms with van der Waals surface area (Å²) >= 11 is 0. The van der Waals surface area contributed by atoms with Crippen molar-refractivity contribution in [3.05, 3.63) is 65.0 Å². The molecule has 3 nitrogen and oxygen atoms in total. The van der Waals surface area contributed by atoms with Gasteiger partial charge in [-0.3, -0.25) is 0 Å². The van der Waals surface area contributed by atoms with Crippen LogP contribution >= 0.6 is 0 Å². The zero-order chi connectivity index (χ0) is 23.9. The number of rotatable bonds is 8. The zero-order valence-corrected chi connectivity index (χ0v) is 20.3. The zero-order valence-electron chi connectivity index (χ0n) is 20.3. The molecule has 0 radical (unpaired) electrons. The van der Waals surface area contributed by atoms with Gasteiger partial charge in [-0.05, 0) is 97.7 Å². The summed E-state index contributed by atoms with van der Waals surface area (Å²) in [5.74, 6) is 2.11. The van der Waals surface area contributed by atoms with Gasteiger partial charge in [0.1, 0.15) is 11.6 Å². The van der Waals surface area contributed by atoms with Gasteiger partial charge in [-0.25, -0.2) is 9.18 Å². The smallest absolute Gasteiger partial charge is 0.343 e. The van der Waals surface area contributed by atoms with Gasteiger partial charge in [-0.1, -0.05) is 51.5 Å². The van der Waals surface area contributed by atoms with Crippen LogP contribution in [0.25, 0.3) is 0 Å². The number of nitriles is 1. The highest BCUT2D eigenvalue weighted by molar-refractivity contribution is 5.91. The first-order valence-corrected chi connectivity index (χ1v) is 13.1. The second kappa shape index (κ2) is 11.6. The number of fused-ring (bicyclic) bond motifs is 1. The van der Waals surface area contributed by atoms with Crippen LogP contribution in [0.1, 0.15) is 105 Å². The van der Waals surface area contributed by atoms with E-state index >= 15 is 4.39 Å². The fraction of sp³-hybridized carbons (Fsp3) is 0.533. The van der Waals surface area contributed by atoms with E-state index in [9.17, 15) is 4.79 Å². The molecule has 2 aliphatic carbocycles. The van der Waals surface area contributed by atoms with Gasteiger partial charge in [-0.15, -0.1) is 0 Å². The van der Waals surface area contributed by atoms with E-state index in [1.807, 2.05) is 6.07 Å². The second-order valence-electron chi connectivity index (χ2n) is 10.3. The molecule has 4 atom stereocenters.